The van der Waals surface area contributed by atoms with Crippen molar-refractivity contribution in [3.05, 3.63) is 82.0 Å². The zero-order valence-electron chi connectivity index (χ0n) is 18.0. The number of hydrogen-bond donors (Lipinski definition) is 2. The molecule has 0 spiro atoms. The van der Waals surface area contributed by atoms with Gasteiger partial charge in [-0.25, -0.2) is 4.68 Å². The van der Waals surface area contributed by atoms with E-state index in [-0.39, 0.29) is 23.6 Å². The minimum atomic E-state index is -0.572. The van der Waals surface area contributed by atoms with Crippen LogP contribution in [0.25, 0.3) is 5.69 Å². The second kappa shape index (κ2) is 9.88. The zero-order valence-corrected chi connectivity index (χ0v) is 18.0. The Morgan fingerprint density at radius 1 is 1.03 bits per heavy atom. The first-order valence-electron chi connectivity index (χ1n) is 10.3. The SMILES string of the molecule is CCNC(=O)c1cn(CC(C)C)cc(C(=O)NCc2ccc(-n3cccn3)cc2)c1=O. The number of hydrogen-bond acceptors (Lipinski definition) is 4. The van der Waals surface area contributed by atoms with E-state index in [2.05, 4.69) is 15.7 Å². The summed E-state index contributed by atoms with van der Waals surface area (Å²) in [5, 5.41) is 9.60. The Morgan fingerprint density at radius 2 is 1.68 bits per heavy atom. The Balaban J connectivity index is 1.79. The summed E-state index contributed by atoms with van der Waals surface area (Å²) >= 11 is 0. The maximum absolute atomic E-state index is 12.8. The van der Waals surface area contributed by atoms with Crippen LogP contribution >= 0.6 is 0 Å². The molecule has 0 fully saturated rings. The Morgan fingerprint density at radius 3 is 2.23 bits per heavy atom. The van der Waals surface area contributed by atoms with Crippen molar-refractivity contribution in [2.24, 2.45) is 5.92 Å². The average molecular weight is 422 g/mol. The maximum Gasteiger partial charge on any atom is 0.257 e. The van der Waals surface area contributed by atoms with Gasteiger partial charge in [0.1, 0.15) is 11.1 Å². The molecule has 0 aliphatic carbocycles. The van der Waals surface area contributed by atoms with E-state index >= 15 is 0 Å². The molecule has 2 amide bonds. The van der Waals surface area contributed by atoms with E-state index < -0.39 is 17.2 Å². The Bertz CT molecular complexity index is 1100. The van der Waals surface area contributed by atoms with Gasteiger partial charge in [-0.2, -0.15) is 5.10 Å². The third-order valence-electron chi connectivity index (χ3n) is 4.64. The van der Waals surface area contributed by atoms with Crippen molar-refractivity contribution in [2.45, 2.75) is 33.9 Å². The van der Waals surface area contributed by atoms with Gasteiger partial charge in [0.25, 0.3) is 11.8 Å². The highest BCUT2D eigenvalue weighted by atomic mass is 16.2. The van der Waals surface area contributed by atoms with E-state index in [1.807, 2.05) is 50.4 Å². The standard InChI is InChI=1S/C23H27N5O3/c1-4-24-22(30)19-14-27(13-16(2)3)15-20(21(19)29)23(31)25-12-17-6-8-18(9-7-17)28-11-5-10-26-28/h5-11,14-16H,4,12-13H2,1-3H3,(H,24,30)(H,25,31). The van der Waals surface area contributed by atoms with Crippen LogP contribution in [0, 0.1) is 5.92 Å². The lowest BCUT2D eigenvalue weighted by Crippen LogP contribution is -2.35. The number of carbonyl (C=O) groups is 2. The molecule has 162 valence electrons. The van der Waals surface area contributed by atoms with Gasteiger partial charge in [0.2, 0.25) is 5.43 Å². The van der Waals surface area contributed by atoms with Crippen LogP contribution in [-0.2, 0) is 13.1 Å². The summed E-state index contributed by atoms with van der Waals surface area (Å²) in [4.78, 5) is 37.9. The van der Waals surface area contributed by atoms with Crippen LogP contribution in [0.1, 0.15) is 47.1 Å². The zero-order chi connectivity index (χ0) is 22.4. The summed E-state index contributed by atoms with van der Waals surface area (Å²) in [6.07, 6.45) is 6.58. The summed E-state index contributed by atoms with van der Waals surface area (Å²) in [6, 6.07) is 9.42. The summed E-state index contributed by atoms with van der Waals surface area (Å²) in [7, 11) is 0. The van der Waals surface area contributed by atoms with Gasteiger partial charge in [-0.15, -0.1) is 0 Å². The Hall–Kier alpha value is -3.68. The van der Waals surface area contributed by atoms with Crippen LogP contribution in [0.15, 0.2) is 59.9 Å². The van der Waals surface area contributed by atoms with Gasteiger partial charge in [0, 0.05) is 44.4 Å². The molecule has 0 unspecified atom stereocenters. The van der Waals surface area contributed by atoms with Crippen molar-refractivity contribution in [2.75, 3.05) is 6.54 Å². The highest BCUT2D eigenvalue weighted by molar-refractivity contribution is 5.99. The number of nitrogens with zero attached hydrogens (tertiary/aromatic N) is 3. The van der Waals surface area contributed by atoms with Crippen LogP contribution < -0.4 is 16.1 Å². The predicted molar refractivity (Wildman–Crippen MR) is 118 cm³/mol. The van der Waals surface area contributed by atoms with Crippen LogP contribution in [0.5, 0.6) is 0 Å². The summed E-state index contributed by atoms with van der Waals surface area (Å²) in [6.45, 7) is 7.06. The van der Waals surface area contributed by atoms with E-state index in [0.717, 1.165) is 11.3 Å². The fourth-order valence-electron chi connectivity index (χ4n) is 3.20. The van der Waals surface area contributed by atoms with Gasteiger partial charge < -0.3 is 15.2 Å². The molecular weight excluding hydrogens is 394 g/mol. The molecule has 2 heterocycles. The first-order chi connectivity index (χ1) is 14.9. The molecule has 3 aromatic rings. The fraction of sp³-hybridized carbons (Fsp3) is 0.304. The molecule has 0 aliphatic rings. The lowest BCUT2D eigenvalue weighted by Gasteiger charge is -2.14. The average Bonchev–Trinajstić information content (AvgIpc) is 3.28. The summed E-state index contributed by atoms with van der Waals surface area (Å²) < 4.78 is 3.47. The number of amides is 2. The molecule has 8 nitrogen and oxygen atoms in total. The highest BCUT2D eigenvalue weighted by Gasteiger charge is 2.19. The van der Waals surface area contributed by atoms with E-state index in [9.17, 15) is 14.4 Å². The molecule has 2 aromatic heterocycles. The molecule has 0 saturated carbocycles. The molecule has 31 heavy (non-hydrogen) atoms. The molecule has 0 aliphatic heterocycles. The summed E-state index contributed by atoms with van der Waals surface area (Å²) in [5.41, 5.74) is 1.15. The Kier molecular flexibility index (Phi) is 7.02. The number of nitrogens with one attached hydrogen (secondary N) is 2. The maximum atomic E-state index is 12.8. The van der Waals surface area contributed by atoms with Gasteiger partial charge >= 0.3 is 0 Å². The van der Waals surface area contributed by atoms with E-state index in [4.69, 9.17) is 0 Å². The Labute approximate surface area is 180 Å². The van der Waals surface area contributed by atoms with Gasteiger partial charge in [0.05, 0.1) is 5.69 Å². The molecule has 8 heteroatoms. The molecule has 1 aromatic carbocycles. The van der Waals surface area contributed by atoms with Gasteiger partial charge in [0.15, 0.2) is 0 Å². The van der Waals surface area contributed by atoms with Crippen molar-refractivity contribution in [3.8, 4) is 5.69 Å². The molecule has 2 N–H and O–H groups in total. The smallest absolute Gasteiger partial charge is 0.257 e. The number of rotatable bonds is 8. The van der Waals surface area contributed by atoms with Crippen LogP contribution in [-0.4, -0.2) is 32.7 Å². The van der Waals surface area contributed by atoms with Crippen molar-refractivity contribution in [1.82, 2.24) is 25.0 Å². The number of benzene rings is 1. The first-order valence-corrected chi connectivity index (χ1v) is 10.3. The second-order valence-corrected chi connectivity index (χ2v) is 7.66. The normalized spacial score (nSPS) is 10.8. The van der Waals surface area contributed by atoms with Crippen molar-refractivity contribution in [1.29, 1.82) is 0 Å². The number of pyridine rings is 1. The van der Waals surface area contributed by atoms with E-state index in [1.165, 1.54) is 12.4 Å². The first kappa shape index (κ1) is 22.0. The van der Waals surface area contributed by atoms with Gasteiger partial charge in [-0.1, -0.05) is 26.0 Å². The molecular formula is C23H27N5O3. The molecule has 0 radical (unpaired) electrons. The van der Waals surface area contributed by atoms with Crippen molar-refractivity contribution < 1.29 is 9.59 Å². The predicted octanol–water partition coefficient (Wildman–Crippen LogP) is 2.37. The van der Waals surface area contributed by atoms with E-state index in [0.29, 0.717) is 13.1 Å². The monoisotopic (exact) mass is 421 g/mol. The minimum absolute atomic E-state index is 0.0290. The largest absolute Gasteiger partial charge is 0.352 e. The topological polar surface area (TPSA) is 98.0 Å². The molecule has 0 bridgehead atoms. The number of aromatic nitrogens is 3. The van der Waals surface area contributed by atoms with E-state index in [1.54, 1.807) is 22.4 Å². The highest BCUT2D eigenvalue weighted by Crippen LogP contribution is 2.09. The molecule has 3 rings (SSSR count). The van der Waals surface area contributed by atoms with Gasteiger partial charge in [-0.05, 0) is 36.6 Å². The summed E-state index contributed by atoms with van der Waals surface area (Å²) in [5.74, 6) is -0.701. The minimum Gasteiger partial charge on any atom is -0.352 e. The van der Waals surface area contributed by atoms with Crippen LogP contribution in [0.4, 0.5) is 0 Å². The van der Waals surface area contributed by atoms with Crippen molar-refractivity contribution in [3.63, 3.8) is 0 Å². The van der Waals surface area contributed by atoms with Crippen molar-refractivity contribution >= 4 is 11.8 Å². The molecule has 0 saturated heterocycles. The lowest BCUT2D eigenvalue weighted by atomic mass is 10.1. The second-order valence-electron chi connectivity index (χ2n) is 7.66. The lowest BCUT2D eigenvalue weighted by molar-refractivity contribution is 0.0948. The third-order valence-corrected chi connectivity index (χ3v) is 4.64. The number of carbonyl (C=O) groups excluding carboxylic acids is 2. The van der Waals surface area contributed by atoms with Crippen LogP contribution in [0.3, 0.4) is 0 Å². The third kappa shape index (κ3) is 5.48. The fourth-order valence-corrected chi connectivity index (χ4v) is 3.20. The van der Waals surface area contributed by atoms with Crippen LogP contribution in [0.2, 0.25) is 0 Å². The quantitative estimate of drug-likeness (QED) is 0.583. The van der Waals surface area contributed by atoms with Gasteiger partial charge in [-0.3, -0.25) is 14.4 Å². The molecule has 0 atom stereocenters.